The van der Waals surface area contributed by atoms with Gasteiger partial charge in [-0.1, -0.05) is 6.07 Å². The van der Waals surface area contributed by atoms with E-state index in [2.05, 4.69) is 13.7 Å². The Bertz CT molecular complexity index is 501. The highest BCUT2D eigenvalue weighted by Crippen LogP contribution is 2.26. The molecule has 2 rings (SSSR count). The second kappa shape index (κ2) is 3.94. The summed E-state index contributed by atoms with van der Waals surface area (Å²) in [6, 6.07) is 3.99. The summed E-state index contributed by atoms with van der Waals surface area (Å²) in [7, 11) is 3.88. The van der Waals surface area contributed by atoms with Gasteiger partial charge in [0.15, 0.2) is 0 Å². The molecule has 4 nitrogen and oxygen atoms in total. The molecular weight excluding hydrogens is 208 g/mol. The summed E-state index contributed by atoms with van der Waals surface area (Å²) in [5, 5.41) is 0. The van der Waals surface area contributed by atoms with Gasteiger partial charge in [0.1, 0.15) is 11.0 Å². The zero-order chi connectivity index (χ0) is 10.8. The van der Waals surface area contributed by atoms with Crippen molar-refractivity contribution < 1.29 is 0 Å². The minimum absolute atomic E-state index is 0.873. The standard InChI is InChI=1S/C10H12N4S/c1-7-4-5-8(11-6-14(2)3)10-9(7)12-15-13-10/h4-6H,1-3H3. The molecule has 0 radical (unpaired) electrons. The summed E-state index contributed by atoms with van der Waals surface area (Å²) in [5.41, 5.74) is 3.85. The highest BCUT2D eigenvalue weighted by Gasteiger charge is 2.06. The number of hydrogen-bond donors (Lipinski definition) is 0. The highest BCUT2D eigenvalue weighted by atomic mass is 32.1. The lowest BCUT2D eigenvalue weighted by Crippen LogP contribution is -2.06. The van der Waals surface area contributed by atoms with Crippen LogP contribution in [0, 0.1) is 6.92 Å². The SMILES string of the molecule is Cc1ccc(N=CN(C)C)c2nsnc12. The van der Waals surface area contributed by atoms with Gasteiger partial charge < -0.3 is 4.90 Å². The molecule has 0 N–H and O–H groups in total. The number of aryl methyl sites for hydroxylation is 1. The maximum absolute atomic E-state index is 4.35. The van der Waals surface area contributed by atoms with Gasteiger partial charge in [0.05, 0.1) is 23.8 Å². The molecule has 0 aliphatic carbocycles. The molecular formula is C10H12N4S. The second-order valence-corrected chi connectivity index (χ2v) is 4.10. The fourth-order valence-electron chi connectivity index (χ4n) is 1.26. The van der Waals surface area contributed by atoms with Gasteiger partial charge in [0, 0.05) is 14.1 Å². The number of aliphatic imine (C=N–C) groups is 1. The minimum Gasteiger partial charge on any atom is -0.369 e. The van der Waals surface area contributed by atoms with Crippen molar-refractivity contribution in [2.24, 2.45) is 4.99 Å². The minimum atomic E-state index is 0.873. The first-order valence-electron chi connectivity index (χ1n) is 4.61. The summed E-state index contributed by atoms with van der Waals surface area (Å²) in [5.74, 6) is 0. The van der Waals surface area contributed by atoms with Gasteiger partial charge in [0.2, 0.25) is 0 Å². The molecule has 0 amide bonds. The maximum atomic E-state index is 4.35. The molecule has 0 saturated heterocycles. The van der Waals surface area contributed by atoms with Crippen LogP contribution in [0.1, 0.15) is 5.56 Å². The Morgan fingerprint density at radius 2 is 2.00 bits per heavy atom. The van der Waals surface area contributed by atoms with Crippen LogP contribution in [-0.2, 0) is 0 Å². The highest BCUT2D eigenvalue weighted by molar-refractivity contribution is 7.00. The first-order chi connectivity index (χ1) is 7.18. The van der Waals surface area contributed by atoms with Gasteiger partial charge >= 0.3 is 0 Å². The predicted octanol–water partition coefficient (Wildman–Crippen LogP) is 2.22. The van der Waals surface area contributed by atoms with Crippen molar-refractivity contribution in [2.75, 3.05) is 14.1 Å². The van der Waals surface area contributed by atoms with E-state index in [1.54, 1.807) is 6.34 Å². The van der Waals surface area contributed by atoms with E-state index in [1.165, 1.54) is 11.7 Å². The molecule has 0 aliphatic rings. The smallest absolute Gasteiger partial charge is 0.130 e. The summed E-state index contributed by atoms with van der Waals surface area (Å²) in [4.78, 5) is 6.25. The monoisotopic (exact) mass is 220 g/mol. The van der Waals surface area contributed by atoms with Crippen LogP contribution in [0.15, 0.2) is 17.1 Å². The van der Waals surface area contributed by atoms with Gasteiger partial charge in [-0.05, 0) is 18.6 Å². The number of fused-ring (bicyclic) bond motifs is 1. The summed E-state index contributed by atoms with van der Waals surface area (Å²) >= 11 is 1.23. The Kier molecular flexibility index (Phi) is 2.64. The van der Waals surface area contributed by atoms with Gasteiger partial charge in [0.25, 0.3) is 0 Å². The molecule has 0 unspecified atom stereocenters. The zero-order valence-corrected chi connectivity index (χ0v) is 9.75. The lowest BCUT2D eigenvalue weighted by atomic mass is 10.2. The molecule has 0 fully saturated rings. The quantitative estimate of drug-likeness (QED) is 0.575. The zero-order valence-electron chi connectivity index (χ0n) is 8.93. The van der Waals surface area contributed by atoms with Crippen LogP contribution in [0.25, 0.3) is 11.0 Å². The molecule has 78 valence electrons. The lowest BCUT2D eigenvalue weighted by molar-refractivity contribution is 0.643. The molecule has 1 aromatic heterocycles. The predicted molar refractivity (Wildman–Crippen MR) is 64.0 cm³/mol. The third kappa shape index (κ3) is 1.97. The van der Waals surface area contributed by atoms with Crippen molar-refractivity contribution >= 4 is 34.8 Å². The second-order valence-electron chi connectivity index (χ2n) is 3.57. The van der Waals surface area contributed by atoms with Crippen LogP contribution in [0.3, 0.4) is 0 Å². The number of benzene rings is 1. The average molecular weight is 220 g/mol. The molecule has 1 aromatic carbocycles. The van der Waals surface area contributed by atoms with Crippen LogP contribution in [0.5, 0.6) is 0 Å². The van der Waals surface area contributed by atoms with Crippen LogP contribution < -0.4 is 0 Å². The number of hydrogen-bond acceptors (Lipinski definition) is 4. The van der Waals surface area contributed by atoms with E-state index in [0.717, 1.165) is 22.3 Å². The van der Waals surface area contributed by atoms with E-state index in [9.17, 15) is 0 Å². The van der Waals surface area contributed by atoms with E-state index in [-0.39, 0.29) is 0 Å². The van der Waals surface area contributed by atoms with E-state index in [1.807, 2.05) is 38.1 Å². The van der Waals surface area contributed by atoms with Crippen molar-refractivity contribution in [1.82, 2.24) is 13.6 Å². The van der Waals surface area contributed by atoms with Crippen LogP contribution in [0.2, 0.25) is 0 Å². The Balaban J connectivity index is 2.52. The molecule has 0 spiro atoms. The number of aromatic nitrogens is 2. The third-order valence-corrected chi connectivity index (χ3v) is 2.55. The topological polar surface area (TPSA) is 41.4 Å². The van der Waals surface area contributed by atoms with E-state index >= 15 is 0 Å². The average Bonchev–Trinajstić information content (AvgIpc) is 2.66. The number of rotatable bonds is 2. The van der Waals surface area contributed by atoms with E-state index < -0.39 is 0 Å². The Morgan fingerprint density at radius 3 is 2.73 bits per heavy atom. The van der Waals surface area contributed by atoms with Crippen LogP contribution in [0.4, 0.5) is 5.69 Å². The number of nitrogens with zero attached hydrogens (tertiary/aromatic N) is 4. The molecule has 0 aliphatic heterocycles. The summed E-state index contributed by atoms with van der Waals surface area (Å²) < 4.78 is 8.50. The molecule has 2 aromatic rings. The molecule has 0 bridgehead atoms. The van der Waals surface area contributed by atoms with Gasteiger partial charge in [-0.15, -0.1) is 0 Å². The van der Waals surface area contributed by atoms with E-state index in [4.69, 9.17) is 0 Å². The van der Waals surface area contributed by atoms with Crippen molar-refractivity contribution in [1.29, 1.82) is 0 Å². The van der Waals surface area contributed by atoms with Crippen molar-refractivity contribution in [3.8, 4) is 0 Å². The fraction of sp³-hybridized carbons (Fsp3) is 0.300. The van der Waals surface area contributed by atoms with Crippen molar-refractivity contribution in [3.05, 3.63) is 17.7 Å². The maximum Gasteiger partial charge on any atom is 0.130 e. The van der Waals surface area contributed by atoms with E-state index in [0.29, 0.717) is 0 Å². The van der Waals surface area contributed by atoms with Gasteiger partial charge in [-0.3, -0.25) is 0 Å². The van der Waals surface area contributed by atoms with Gasteiger partial charge in [-0.2, -0.15) is 8.75 Å². The van der Waals surface area contributed by atoms with Crippen molar-refractivity contribution in [3.63, 3.8) is 0 Å². The Hall–Kier alpha value is -1.49. The Morgan fingerprint density at radius 1 is 1.27 bits per heavy atom. The normalized spacial score (nSPS) is 11.4. The first-order valence-corrected chi connectivity index (χ1v) is 5.34. The molecule has 15 heavy (non-hydrogen) atoms. The third-order valence-electron chi connectivity index (χ3n) is 2.02. The molecule has 0 saturated carbocycles. The van der Waals surface area contributed by atoms with Crippen LogP contribution in [-0.4, -0.2) is 34.1 Å². The summed E-state index contributed by atoms with van der Waals surface area (Å²) in [6.07, 6.45) is 1.77. The molecule has 1 heterocycles. The summed E-state index contributed by atoms with van der Waals surface area (Å²) in [6.45, 7) is 2.03. The lowest BCUT2D eigenvalue weighted by Gasteiger charge is -2.02. The molecule has 0 atom stereocenters. The Labute approximate surface area is 92.6 Å². The fourth-order valence-corrected chi connectivity index (χ4v) is 1.87. The first kappa shape index (κ1) is 10.0. The molecule has 5 heteroatoms. The largest absolute Gasteiger partial charge is 0.369 e. The van der Waals surface area contributed by atoms with Crippen LogP contribution >= 0.6 is 11.7 Å². The van der Waals surface area contributed by atoms with Gasteiger partial charge in [-0.25, -0.2) is 4.99 Å². The van der Waals surface area contributed by atoms with Crippen molar-refractivity contribution in [2.45, 2.75) is 6.92 Å².